The van der Waals surface area contributed by atoms with Crippen molar-refractivity contribution in [2.45, 2.75) is 59.4 Å². The van der Waals surface area contributed by atoms with Gasteiger partial charge in [0.1, 0.15) is 0 Å². The molecular weight excluding hydrogens is 312 g/mol. The van der Waals surface area contributed by atoms with Crippen LogP contribution in [0.4, 0.5) is 5.69 Å². The van der Waals surface area contributed by atoms with Gasteiger partial charge in [0.15, 0.2) is 5.11 Å². The maximum atomic E-state index is 6.14. The monoisotopic (exact) mass is 338 g/mol. The molecule has 0 spiro atoms. The molecule has 4 heteroatoms. The molecule has 0 heterocycles. The van der Waals surface area contributed by atoms with Gasteiger partial charge in [-0.15, -0.1) is 0 Å². The molecule has 22 heavy (non-hydrogen) atoms. The summed E-state index contributed by atoms with van der Waals surface area (Å²) in [7, 11) is 0. The standard InChI is InChI=1S/C18H27ClN2S/c1-12-15(19)6-5-7-16(12)21-17(22)20-14-10-8-13(9-11-14)18(2,3)4/h5-7,13-14H,8-11H2,1-4H3,(H2,20,21,22). The smallest absolute Gasteiger partial charge is 0.171 e. The van der Waals surface area contributed by atoms with Gasteiger partial charge < -0.3 is 10.6 Å². The Morgan fingerprint density at radius 1 is 1.18 bits per heavy atom. The number of hydrogen-bond donors (Lipinski definition) is 2. The quantitative estimate of drug-likeness (QED) is 0.692. The summed E-state index contributed by atoms with van der Waals surface area (Å²) in [6.07, 6.45) is 4.94. The van der Waals surface area contributed by atoms with E-state index in [4.69, 9.17) is 23.8 Å². The predicted octanol–water partition coefficient (Wildman–Crippen LogP) is 5.54. The van der Waals surface area contributed by atoms with Crippen LogP contribution in [0.15, 0.2) is 18.2 Å². The van der Waals surface area contributed by atoms with Crippen LogP contribution in [-0.4, -0.2) is 11.2 Å². The van der Waals surface area contributed by atoms with Gasteiger partial charge in [0.25, 0.3) is 0 Å². The van der Waals surface area contributed by atoms with Gasteiger partial charge in [-0.25, -0.2) is 0 Å². The van der Waals surface area contributed by atoms with E-state index < -0.39 is 0 Å². The Bertz CT molecular complexity index is 528. The highest BCUT2D eigenvalue weighted by molar-refractivity contribution is 7.80. The van der Waals surface area contributed by atoms with Crippen LogP contribution in [0.1, 0.15) is 52.0 Å². The molecule has 2 nitrogen and oxygen atoms in total. The summed E-state index contributed by atoms with van der Waals surface area (Å²) in [4.78, 5) is 0. The second-order valence-corrected chi connectivity index (χ2v) is 8.24. The van der Waals surface area contributed by atoms with Crippen LogP contribution in [0.3, 0.4) is 0 Å². The van der Waals surface area contributed by atoms with E-state index in [9.17, 15) is 0 Å². The molecule has 1 aromatic rings. The molecule has 2 rings (SSSR count). The first-order valence-electron chi connectivity index (χ1n) is 8.10. The molecule has 1 fully saturated rings. The highest BCUT2D eigenvalue weighted by Gasteiger charge is 2.29. The van der Waals surface area contributed by atoms with E-state index in [1.165, 1.54) is 25.7 Å². The van der Waals surface area contributed by atoms with Crippen molar-refractivity contribution in [1.29, 1.82) is 0 Å². The van der Waals surface area contributed by atoms with E-state index >= 15 is 0 Å². The first-order valence-corrected chi connectivity index (χ1v) is 8.88. The first kappa shape index (κ1) is 17.6. The summed E-state index contributed by atoms with van der Waals surface area (Å²) >= 11 is 11.6. The van der Waals surface area contributed by atoms with Gasteiger partial charge in [0, 0.05) is 16.8 Å². The number of hydrogen-bond acceptors (Lipinski definition) is 1. The zero-order chi connectivity index (χ0) is 16.3. The third-order valence-corrected chi connectivity index (χ3v) is 5.43. The largest absolute Gasteiger partial charge is 0.360 e. The second-order valence-electron chi connectivity index (χ2n) is 7.43. The number of halogens is 1. The molecule has 0 aliphatic heterocycles. The van der Waals surface area contributed by atoms with Crippen molar-refractivity contribution in [3.63, 3.8) is 0 Å². The van der Waals surface area contributed by atoms with Crippen molar-refractivity contribution in [1.82, 2.24) is 5.32 Å². The fourth-order valence-electron chi connectivity index (χ4n) is 3.19. The van der Waals surface area contributed by atoms with E-state index in [-0.39, 0.29) is 0 Å². The lowest BCUT2D eigenvalue weighted by atomic mass is 9.71. The van der Waals surface area contributed by atoms with Crippen molar-refractivity contribution >= 4 is 34.6 Å². The fourth-order valence-corrected chi connectivity index (χ4v) is 3.64. The van der Waals surface area contributed by atoms with Gasteiger partial charge in [-0.2, -0.15) is 0 Å². The van der Waals surface area contributed by atoms with Gasteiger partial charge in [-0.1, -0.05) is 38.4 Å². The Kier molecular flexibility index (Phi) is 5.73. The summed E-state index contributed by atoms with van der Waals surface area (Å²) < 4.78 is 0. The van der Waals surface area contributed by atoms with Crippen LogP contribution in [0.25, 0.3) is 0 Å². The Morgan fingerprint density at radius 3 is 2.41 bits per heavy atom. The molecule has 0 amide bonds. The average molecular weight is 339 g/mol. The third-order valence-electron chi connectivity index (χ3n) is 4.80. The van der Waals surface area contributed by atoms with Gasteiger partial charge in [0.2, 0.25) is 0 Å². The number of nitrogens with one attached hydrogen (secondary N) is 2. The van der Waals surface area contributed by atoms with Crippen molar-refractivity contribution in [3.05, 3.63) is 28.8 Å². The molecule has 1 aliphatic rings. The molecule has 0 unspecified atom stereocenters. The number of anilines is 1. The van der Waals surface area contributed by atoms with Gasteiger partial charge in [0.05, 0.1) is 0 Å². The summed E-state index contributed by atoms with van der Waals surface area (Å²) in [5, 5.41) is 8.20. The van der Waals surface area contributed by atoms with Crippen molar-refractivity contribution in [2.75, 3.05) is 5.32 Å². The molecule has 1 aliphatic carbocycles. The Morgan fingerprint density at radius 2 is 1.82 bits per heavy atom. The highest BCUT2D eigenvalue weighted by atomic mass is 35.5. The third kappa shape index (κ3) is 4.60. The molecule has 1 saturated carbocycles. The normalized spacial score (nSPS) is 22.2. The lowest BCUT2D eigenvalue weighted by molar-refractivity contribution is 0.166. The van der Waals surface area contributed by atoms with Crippen molar-refractivity contribution in [2.24, 2.45) is 11.3 Å². The minimum Gasteiger partial charge on any atom is -0.360 e. The maximum Gasteiger partial charge on any atom is 0.171 e. The van der Waals surface area contributed by atoms with E-state index in [0.717, 1.165) is 22.2 Å². The zero-order valence-corrected chi connectivity index (χ0v) is 15.6. The van der Waals surface area contributed by atoms with Gasteiger partial charge in [-0.05, 0) is 73.9 Å². The minimum atomic E-state index is 0.418. The van der Waals surface area contributed by atoms with Crippen LogP contribution < -0.4 is 10.6 Å². The van der Waals surface area contributed by atoms with E-state index in [1.807, 2.05) is 25.1 Å². The average Bonchev–Trinajstić information content (AvgIpc) is 2.43. The predicted molar refractivity (Wildman–Crippen MR) is 101 cm³/mol. The zero-order valence-electron chi connectivity index (χ0n) is 14.0. The molecule has 122 valence electrons. The van der Waals surface area contributed by atoms with Gasteiger partial charge >= 0.3 is 0 Å². The summed E-state index contributed by atoms with van der Waals surface area (Å²) in [6.45, 7) is 9.04. The first-order chi connectivity index (χ1) is 10.3. The van der Waals surface area contributed by atoms with Gasteiger partial charge in [-0.3, -0.25) is 0 Å². The molecule has 0 saturated heterocycles. The van der Waals surface area contributed by atoms with Crippen LogP contribution in [0, 0.1) is 18.3 Å². The summed E-state index contributed by atoms with van der Waals surface area (Å²) in [5.74, 6) is 0.822. The maximum absolute atomic E-state index is 6.14. The highest BCUT2D eigenvalue weighted by Crippen LogP contribution is 2.37. The lowest BCUT2D eigenvalue weighted by Crippen LogP contribution is -2.41. The fraction of sp³-hybridized carbons (Fsp3) is 0.611. The summed E-state index contributed by atoms with van der Waals surface area (Å²) in [5.41, 5.74) is 2.43. The molecule has 1 aromatic carbocycles. The number of rotatable bonds is 2. The van der Waals surface area contributed by atoms with Crippen molar-refractivity contribution in [3.8, 4) is 0 Å². The Hall–Kier alpha value is -0.800. The molecule has 2 N–H and O–H groups in total. The second kappa shape index (κ2) is 7.18. The summed E-state index contributed by atoms with van der Waals surface area (Å²) in [6, 6.07) is 6.32. The lowest BCUT2D eigenvalue weighted by Gasteiger charge is -2.37. The number of thiocarbonyl (C=S) groups is 1. The molecule has 0 aromatic heterocycles. The molecule has 0 bridgehead atoms. The van der Waals surface area contributed by atoms with Crippen LogP contribution in [0.2, 0.25) is 5.02 Å². The van der Waals surface area contributed by atoms with Crippen molar-refractivity contribution < 1.29 is 0 Å². The Balaban J connectivity index is 1.85. The van der Waals surface area contributed by atoms with Crippen LogP contribution >= 0.6 is 23.8 Å². The molecule has 0 radical (unpaired) electrons. The SMILES string of the molecule is Cc1c(Cl)cccc1NC(=S)NC1CCC(C(C)(C)C)CC1. The topological polar surface area (TPSA) is 24.1 Å². The Labute approximate surface area is 145 Å². The number of benzene rings is 1. The molecular formula is C18H27ClN2S. The van der Waals surface area contributed by atoms with Crippen LogP contribution in [0.5, 0.6) is 0 Å². The molecule has 0 atom stereocenters. The van der Waals surface area contributed by atoms with E-state index in [0.29, 0.717) is 16.6 Å². The minimum absolute atomic E-state index is 0.418. The van der Waals surface area contributed by atoms with Crippen LogP contribution in [-0.2, 0) is 0 Å². The van der Waals surface area contributed by atoms with E-state index in [1.54, 1.807) is 0 Å². The van der Waals surface area contributed by atoms with E-state index in [2.05, 4.69) is 31.4 Å².